The lowest BCUT2D eigenvalue weighted by molar-refractivity contribution is 0.354. The van der Waals surface area contributed by atoms with Crippen molar-refractivity contribution in [1.82, 2.24) is 20.0 Å². The van der Waals surface area contributed by atoms with Crippen molar-refractivity contribution in [3.63, 3.8) is 0 Å². The highest BCUT2D eigenvalue weighted by Gasteiger charge is 2.15. The van der Waals surface area contributed by atoms with Crippen molar-refractivity contribution in [2.75, 3.05) is 34.4 Å². The highest BCUT2D eigenvalue weighted by atomic mass is 127. The molecule has 8 heteroatoms. The van der Waals surface area contributed by atoms with E-state index >= 15 is 0 Å². The fraction of sp³-hybridized carbons (Fsp3) is 0.545. The number of aliphatic imine (C=N–C) groups is 1. The van der Waals surface area contributed by atoms with Gasteiger partial charge in [-0.1, -0.05) is 19.9 Å². The average molecular weight is 529 g/mol. The van der Waals surface area contributed by atoms with Crippen molar-refractivity contribution >= 4 is 29.9 Å². The number of nitrogens with one attached hydrogen (secondary N) is 1. The zero-order valence-corrected chi connectivity index (χ0v) is 21.6. The van der Waals surface area contributed by atoms with Gasteiger partial charge in [-0.15, -0.1) is 24.0 Å². The van der Waals surface area contributed by atoms with Crippen molar-refractivity contribution in [3.8, 4) is 11.5 Å². The Balaban J connectivity index is 0.00000450. The van der Waals surface area contributed by atoms with Crippen LogP contribution < -0.4 is 14.8 Å². The van der Waals surface area contributed by atoms with Gasteiger partial charge in [0.1, 0.15) is 0 Å². The lowest BCUT2D eigenvalue weighted by Gasteiger charge is -2.22. The molecule has 0 saturated carbocycles. The number of nitrogens with zero attached hydrogens (tertiary/aromatic N) is 4. The third kappa shape index (κ3) is 7.07. The summed E-state index contributed by atoms with van der Waals surface area (Å²) in [6.07, 6.45) is 2.92. The van der Waals surface area contributed by atoms with Crippen LogP contribution in [0.5, 0.6) is 11.5 Å². The summed E-state index contributed by atoms with van der Waals surface area (Å²) >= 11 is 0. The minimum absolute atomic E-state index is 0. The zero-order chi connectivity index (χ0) is 21.4. The number of hydrogen-bond donors (Lipinski definition) is 1. The number of aromatic nitrogens is 2. The van der Waals surface area contributed by atoms with E-state index in [0.29, 0.717) is 12.5 Å². The first-order valence-corrected chi connectivity index (χ1v) is 10.1. The second-order valence-corrected chi connectivity index (χ2v) is 7.40. The van der Waals surface area contributed by atoms with Gasteiger partial charge in [0.25, 0.3) is 0 Å². The average Bonchev–Trinajstić information content (AvgIpc) is 3.07. The Morgan fingerprint density at radius 2 is 1.93 bits per heavy atom. The molecule has 1 N–H and O–H groups in total. The summed E-state index contributed by atoms with van der Waals surface area (Å²) in [5.74, 6) is 2.77. The maximum atomic E-state index is 5.39. The largest absolute Gasteiger partial charge is 0.493 e. The van der Waals surface area contributed by atoms with Crippen LogP contribution in [0.2, 0.25) is 0 Å². The maximum absolute atomic E-state index is 5.39. The Bertz CT molecular complexity index is 820. The first kappa shape index (κ1) is 26.1. The minimum atomic E-state index is 0. The van der Waals surface area contributed by atoms with E-state index in [1.165, 1.54) is 11.1 Å². The van der Waals surface area contributed by atoms with E-state index in [1.807, 2.05) is 23.9 Å². The van der Waals surface area contributed by atoms with E-state index in [1.54, 1.807) is 14.2 Å². The van der Waals surface area contributed by atoms with Crippen LogP contribution in [0, 0.1) is 0 Å². The van der Waals surface area contributed by atoms with Crippen molar-refractivity contribution in [3.05, 3.63) is 41.2 Å². The summed E-state index contributed by atoms with van der Waals surface area (Å²) in [6.45, 7) is 8.71. The van der Waals surface area contributed by atoms with Gasteiger partial charge in [0, 0.05) is 45.5 Å². The van der Waals surface area contributed by atoms with Gasteiger partial charge < -0.3 is 19.7 Å². The van der Waals surface area contributed by atoms with Gasteiger partial charge in [0.2, 0.25) is 0 Å². The Morgan fingerprint density at radius 1 is 1.23 bits per heavy atom. The summed E-state index contributed by atoms with van der Waals surface area (Å²) < 4.78 is 12.6. The van der Waals surface area contributed by atoms with Crippen molar-refractivity contribution < 1.29 is 9.47 Å². The predicted octanol–water partition coefficient (Wildman–Crippen LogP) is 3.82. The van der Waals surface area contributed by atoms with Crippen LogP contribution in [0.1, 0.15) is 43.5 Å². The predicted molar refractivity (Wildman–Crippen MR) is 133 cm³/mol. The molecule has 0 fully saturated rings. The van der Waals surface area contributed by atoms with Crippen LogP contribution >= 0.6 is 24.0 Å². The van der Waals surface area contributed by atoms with Crippen molar-refractivity contribution in [2.24, 2.45) is 12.0 Å². The Hall–Kier alpha value is -1.97. The SMILES string of the molecule is CCNC(=NCCc1ccc(OC)c(OC)c1)N(C)Cc1cn(C)nc1C(C)C.I. The number of hydrogen-bond acceptors (Lipinski definition) is 4. The minimum Gasteiger partial charge on any atom is -0.493 e. The van der Waals surface area contributed by atoms with E-state index in [4.69, 9.17) is 14.5 Å². The molecule has 0 amide bonds. The summed E-state index contributed by atoms with van der Waals surface area (Å²) in [6, 6.07) is 6.00. The normalized spacial score (nSPS) is 11.3. The monoisotopic (exact) mass is 529 g/mol. The topological polar surface area (TPSA) is 63.9 Å². The number of benzene rings is 1. The Morgan fingerprint density at radius 3 is 2.53 bits per heavy atom. The molecule has 168 valence electrons. The molecular weight excluding hydrogens is 493 g/mol. The maximum Gasteiger partial charge on any atom is 0.193 e. The lowest BCUT2D eigenvalue weighted by atomic mass is 10.1. The first-order chi connectivity index (χ1) is 13.9. The quantitative estimate of drug-likeness (QED) is 0.304. The Labute approximate surface area is 197 Å². The molecule has 0 radical (unpaired) electrons. The molecule has 0 saturated heterocycles. The number of guanidine groups is 1. The Kier molecular flexibility index (Phi) is 11.0. The lowest BCUT2D eigenvalue weighted by Crippen LogP contribution is -2.38. The highest BCUT2D eigenvalue weighted by molar-refractivity contribution is 14.0. The number of ether oxygens (including phenoxy) is 2. The number of aryl methyl sites for hydroxylation is 1. The van der Waals surface area contributed by atoms with Crippen LogP contribution in [0.4, 0.5) is 0 Å². The molecule has 0 aliphatic heterocycles. The number of methoxy groups -OCH3 is 2. The molecule has 0 unspecified atom stereocenters. The summed E-state index contributed by atoms with van der Waals surface area (Å²) in [7, 11) is 7.34. The second-order valence-electron chi connectivity index (χ2n) is 7.40. The van der Waals surface area contributed by atoms with Gasteiger partial charge in [-0.3, -0.25) is 9.67 Å². The molecule has 2 aromatic rings. The molecule has 0 atom stereocenters. The molecule has 30 heavy (non-hydrogen) atoms. The second kappa shape index (κ2) is 12.7. The van der Waals surface area contributed by atoms with Gasteiger partial charge in [-0.05, 0) is 37.0 Å². The summed E-state index contributed by atoms with van der Waals surface area (Å²) in [5.41, 5.74) is 3.54. The van der Waals surface area contributed by atoms with Crippen molar-refractivity contribution in [1.29, 1.82) is 0 Å². The smallest absolute Gasteiger partial charge is 0.193 e. The molecule has 1 aromatic heterocycles. The van der Waals surface area contributed by atoms with Crippen LogP contribution in [0.25, 0.3) is 0 Å². The highest BCUT2D eigenvalue weighted by Crippen LogP contribution is 2.27. The molecule has 1 heterocycles. The number of halogens is 1. The van der Waals surface area contributed by atoms with E-state index in [2.05, 4.69) is 55.4 Å². The molecule has 7 nitrogen and oxygen atoms in total. The van der Waals surface area contributed by atoms with E-state index in [-0.39, 0.29) is 24.0 Å². The van der Waals surface area contributed by atoms with Crippen molar-refractivity contribution in [2.45, 2.75) is 39.7 Å². The third-order valence-electron chi connectivity index (χ3n) is 4.70. The van der Waals surface area contributed by atoms with Crippen LogP contribution in [-0.4, -0.2) is 55.0 Å². The first-order valence-electron chi connectivity index (χ1n) is 10.1. The van der Waals surface area contributed by atoms with Crippen LogP contribution in [0.15, 0.2) is 29.4 Å². The molecule has 1 aromatic carbocycles. The van der Waals surface area contributed by atoms with E-state index in [0.717, 1.165) is 42.7 Å². The van der Waals surface area contributed by atoms with E-state index < -0.39 is 0 Å². The number of rotatable bonds is 9. The third-order valence-corrected chi connectivity index (χ3v) is 4.70. The van der Waals surface area contributed by atoms with Gasteiger partial charge in [0.15, 0.2) is 17.5 Å². The molecule has 2 rings (SSSR count). The van der Waals surface area contributed by atoms with Gasteiger partial charge in [-0.2, -0.15) is 5.10 Å². The molecule has 0 aliphatic rings. The van der Waals surface area contributed by atoms with Crippen LogP contribution in [0.3, 0.4) is 0 Å². The zero-order valence-electron chi connectivity index (χ0n) is 19.2. The standard InChI is InChI=1S/C22H35N5O2.HI/c1-8-23-22(26(4)14-18-15-27(5)25-21(18)16(2)3)24-12-11-17-9-10-19(28-6)20(13-17)29-7;/h9-10,13,15-16H,8,11-12,14H2,1-7H3,(H,23,24);1H. The molecule has 0 bridgehead atoms. The summed E-state index contributed by atoms with van der Waals surface area (Å²) in [4.78, 5) is 6.97. The van der Waals surface area contributed by atoms with Crippen LogP contribution in [-0.2, 0) is 20.0 Å². The fourth-order valence-corrected chi connectivity index (χ4v) is 3.29. The summed E-state index contributed by atoms with van der Waals surface area (Å²) in [5, 5.41) is 8.00. The molecular formula is C22H36IN5O2. The van der Waals surface area contributed by atoms with E-state index in [9.17, 15) is 0 Å². The molecule has 0 aliphatic carbocycles. The molecule has 0 spiro atoms. The fourth-order valence-electron chi connectivity index (χ4n) is 3.29. The van der Waals surface area contributed by atoms with Gasteiger partial charge >= 0.3 is 0 Å². The van der Waals surface area contributed by atoms with Gasteiger partial charge in [-0.25, -0.2) is 0 Å². The van der Waals surface area contributed by atoms with Gasteiger partial charge in [0.05, 0.1) is 19.9 Å².